The Labute approximate surface area is 162 Å². The minimum Gasteiger partial charge on any atom is -0.492 e. The van der Waals surface area contributed by atoms with E-state index in [1.807, 2.05) is 43.1 Å². The molecule has 0 saturated carbocycles. The van der Waals surface area contributed by atoms with Gasteiger partial charge in [0.15, 0.2) is 0 Å². The van der Waals surface area contributed by atoms with Crippen molar-refractivity contribution in [1.29, 1.82) is 0 Å². The molecule has 1 aromatic heterocycles. The van der Waals surface area contributed by atoms with Crippen LogP contribution in [0.15, 0.2) is 47.3 Å². The molecule has 0 aliphatic rings. The minimum atomic E-state index is -0.462. The van der Waals surface area contributed by atoms with Gasteiger partial charge >= 0.3 is 5.97 Å². The first-order chi connectivity index (χ1) is 13.5. The molecule has 7 heteroatoms. The number of likely N-dealkylation sites (N-methyl/N-ethyl adjacent to an activating group) is 1. The van der Waals surface area contributed by atoms with Crippen molar-refractivity contribution in [3.8, 4) is 5.75 Å². The summed E-state index contributed by atoms with van der Waals surface area (Å²) in [7, 11) is 3.24. The highest BCUT2D eigenvalue weighted by Crippen LogP contribution is 2.13. The molecule has 0 bridgehead atoms. The Morgan fingerprint density at radius 2 is 2.04 bits per heavy atom. The third-order valence-electron chi connectivity index (χ3n) is 4.33. The van der Waals surface area contributed by atoms with Crippen LogP contribution in [0.5, 0.6) is 5.75 Å². The first kappa shape index (κ1) is 19.6. The molecule has 3 rings (SSSR count). The lowest BCUT2D eigenvalue weighted by Crippen LogP contribution is -2.26. The van der Waals surface area contributed by atoms with Crippen LogP contribution in [0.4, 0.5) is 0 Å². The number of fused-ring (bicyclic) bond motifs is 1. The monoisotopic (exact) mass is 381 g/mol. The average molecular weight is 381 g/mol. The van der Waals surface area contributed by atoms with Crippen LogP contribution in [-0.2, 0) is 11.3 Å². The molecule has 7 nitrogen and oxygen atoms in total. The number of hydrogen-bond acceptors (Lipinski definition) is 6. The van der Waals surface area contributed by atoms with Gasteiger partial charge in [0.2, 0.25) is 0 Å². The number of esters is 1. The smallest absolute Gasteiger partial charge is 0.337 e. The highest BCUT2D eigenvalue weighted by molar-refractivity contribution is 5.93. The molecule has 0 fully saturated rings. The highest BCUT2D eigenvalue weighted by Gasteiger charge is 2.11. The molecule has 28 heavy (non-hydrogen) atoms. The number of aryl methyl sites for hydroxylation is 1. The summed E-state index contributed by atoms with van der Waals surface area (Å²) >= 11 is 0. The molecule has 0 unspecified atom stereocenters. The fourth-order valence-corrected chi connectivity index (χ4v) is 2.87. The summed E-state index contributed by atoms with van der Waals surface area (Å²) in [5.74, 6) is 0.898. The molecule has 3 aromatic rings. The summed E-state index contributed by atoms with van der Waals surface area (Å²) in [6.45, 7) is 3.65. The summed E-state index contributed by atoms with van der Waals surface area (Å²) in [5.41, 5.74) is 1.74. The molecular formula is C21H23N3O4. The van der Waals surface area contributed by atoms with Crippen molar-refractivity contribution in [2.24, 2.45) is 0 Å². The van der Waals surface area contributed by atoms with E-state index in [-0.39, 0.29) is 5.56 Å². The molecule has 0 radical (unpaired) electrons. The molecule has 0 atom stereocenters. The van der Waals surface area contributed by atoms with Crippen LogP contribution in [0.1, 0.15) is 21.7 Å². The van der Waals surface area contributed by atoms with Crippen molar-refractivity contribution in [3.05, 3.63) is 69.8 Å². The minimum absolute atomic E-state index is 0.235. The van der Waals surface area contributed by atoms with Gasteiger partial charge in [-0.25, -0.2) is 9.78 Å². The van der Waals surface area contributed by atoms with E-state index < -0.39 is 5.97 Å². The molecule has 1 heterocycles. The largest absolute Gasteiger partial charge is 0.492 e. The molecule has 0 aliphatic carbocycles. The SMILES string of the molecule is COC(=O)c1ccc2c(=O)[nH]c(CN(C)CCOc3cccc(C)c3)nc2c1. The topological polar surface area (TPSA) is 84.5 Å². The summed E-state index contributed by atoms with van der Waals surface area (Å²) in [6, 6.07) is 12.6. The Bertz CT molecular complexity index is 1050. The van der Waals surface area contributed by atoms with Crippen LogP contribution in [-0.4, -0.2) is 48.1 Å². The number of H-pyrrole nitrogens is 1. The second kappa shape index (κ2) is 8.67. The number of nitrogens with one attached hydrogen (secondary N) is 1. The number of aromatic nitrogens is 2. The fraction of sp³-hybridized carbons (Fsp3) is 0.286. The van der Waals surface area contributed by atoms with Crippen molar-refractivity contribution in [1.82, 2.24) is 14.9 Å². The van der Waals surface area contributed by atoms with Gasteiger partial charge in [-0.15, -0.1) is 0 Å². The normalized spacial score (nSPS) is 11.0. The number of rotatable bonds is 7. The second-order valence-electron chi connectivity index (χ2n) is 6.64. The number of hydrogen-bond donors (Lipinski definition) is 1. The van der Waals surface area contributed by atoms with E-state index in [1.54, 1.807) is 18.2 Å². The van der Waals surface area contributed by atoms with Crippen LogP contribution < -0.4 is 10.3 Å². The Morgan fingerprint density at radius 1 is 1.21 bits per heavy atom. The van der Waals surface area contributed by atoms with E-state index in [2.05, 4.69) is 9.97 Å². The van der Waals surface area contributed by atoms with Crippen molar-refractivity contribution >= 4 is 16.9 Å². The number of ether oxygens (including phenoxy) is 2. The number of aromatic amines is 1. The molecule has 0 saturated heterocycles. The van der Waals surface area contributed by atoms with E-state index in [4.69, 9.17) is 9.47 Å². The Hall–Kier alpha value is -3.19. The Morgan fingerprint density at radius 3 is 2.79 bits per heavy atom. The molecule has 2 aromatic carbocycles. The first-order valence-electron chi connectivity index (χ1n) is 8.95. The van der Waals surface area contributed by atoms with E-state index in [9.17, 15) is 9.59 Å². The number of methoxy groups -OCH3 is 1. The van der Waals surface area contributed by atoms with Crippen molar-refractivity contribution in [2.75, 3.05) is 27.3 Å². The van der Waals surface area contributed by atoms with Crippen LogP contribution in [0.3, 0.4) is 0 Å². The summed E-state index contributed by atoms with van der Waals surface area (Å²) < 4.78 is 10.5. The van der Waals surface area contributed by atoms with Crippen LogP contribution in [0, 0.1) is 6.92 Å². The molecule has 0 aliphatic heterocycles. The van der Waals surface area contributed by atoms with Gasteiger partial charge in [-0.05, 0) is 49.9 Å². The standard InChI is InChI=1S/C21H23N3O4/c1-14-5-4-6-16(11-14)28-10-9-24(2)13-19-22-18-12-15(21(26)27-3)7-8-17(18)20(25)23-19/h4-8,11-12H,9-10,13H2,1-3H3,(H,22,23,25). The zero-order valence-corrected chi connectivity index (χ0v) is 16.2. The zero-order valence-electron chi connectivity index (χ0n) is 16.2. The lowest BCUT2D eigenvalue weighted by atomic mass is 10.1. The third-order valence-corrected chi connectivity index (χ3v) is 4.33. The Kier molecular flexibility index (Phi) is 6.06. The number of carbonyl (C=O) groups excluding carboxylic acids is 1. The molecule has 146 valence electrons. The predicted octanol–water partition coefficient (Wildman–Crippen LogP) is 2.53. The number of carbonyl (C=O) groups is 1. The number of nitrogens with zero attached hydrogens (tertiary/aromatic N) is 2. The van der Waals surface area contributed by atoms with Gasteiger partial charge in [-0.2, -0.15) is 0 Å². The predicted molar refractivity (Wildman–Crippen MR) is 107 cm³/mol. The quantitative estimate of drug-likeness (QED) is 0.633. The van der Waals surface area contributed by atoms with E-state index in [1.165, 1.54) is 7.11 Å². The average Bonchev–Trinajstić information content (AvgIpc) is 2.67. The van der Waals surface area contributed by atoms with Crippen LogP contribution in [0.25, 0.3) is 10.9 Å². The Balaban J connectivity index is 1.67. The lowest BCUT2D eigenvalue weighted by Gasteiger charge is -2.16. The summed E-state index contributed by atoms with van der Waals surface area (Å²) in [6.07, 6.45) is 0. The van der Waals surface area contributed by atoms with Gasteiger partial charge in [0.25, 0.3) is 5.56 Å². The molecule has 0 spiro atoms. The molecule has 1 N–H and O–H groups in total. The van der Waals surface area contributed by atoms with Gasteiger partial charge in [0.05, 0.1) is 30.1 Å². The maximum Gasteiger partial charge on any atom is 0.337 e. The summed E-state index contributed by atoms with van der Waals surface area (Å²) in [4.78, 5) is 33.3. The van der Waals surface area contributed by atoms with Crippen molar-refractivity contribution in [2.45, 2.75) is 13.5 Å². The zero-order chi connectivity index (χ0) is 20.1. The van der Waals surface area contributed by atoms with Gasteiger partial charge in [-0.1, -0.05) is 12.1 Å². The summed E-state index contributed by atoms with van der Waals surface area (Å²) in [5, 5.41) is 0.432. The fourth-order valence-electron chi connectivity index (χ4n) is 2.87. The van der Waals surface area contributed by atoms with Gasteiger partial charge < -0.3 is 14.5 Å². The van der Waals surface area contributed by atoms with E-state index in [0.717, 1.165) is 11.3 Å². The van der Waals surface area contributed by atoms with Gasteiger partial charge in [0.1, 0.15) is 18.2 Å². The van der Waals surface area contributed by atoms with Gasteiger partial charge in [-0.3, -0.25) is 9.69 Å². The maximum atomic E-state index is 12.3. The third kappa shape index (κ3) is 4.75. The number of benzene rings is 2. The van der Waals surface area contributed by atoms with E-state index >= 15 is 0 Å². The lowest BCUT2D eigenvalue weighted by molar-refractivity contribution is 0.0601. The van der Waals surface area contributed by atoms with Crippen molar-refractivity contribution in [3.63, 3.8) is 0 Å². The first-order valence-corrected chi connectivity index (χ1v) is 8.95. The van der Waals surface area contributed by atoms with Crippen LogP contribution in [0.2, 0.25) is 0 Å². The van der Waals surface area contributed by atoms with Crippen LogP contribution >= 0.6 is 0 Å². The van der Waals surface area contributed by atoms with E-state index in [0.29, 0.717) is 42.0 Å². The second-order valence-corrected chi connectivity index (χ2v) is 6.64. The molecular weight excluding hydrogens is 358 g/mol. The maximum absolute atomic E-state index is 12.3. The highest BCUT2D eigenvalue weighted by atomic mass is 16.5. The van der Waals surface area contributed by atoms with Gasteiger partial charge in [0, 0.05) is 6.54 Å². The van der Waals surface area contributed by atoms with Crippen molar-refractivity contribution < 1.29 is 14.3 Å². The molecule has 0 amide bonds.